The van der Waals surface area contributed by atoms with Crippen LogP contribution in [0.3, 0.4) is 0 Å². The van der Waals surface area contributed by atoms with Gasteiger partial charge in [0.05, 0.1) is 24.6 Å². The fourth-order valence-electron chi connectivity index (χ4n) is 6.46. The molecule has 10 nitrogen and oxygen atoms in total. The van der Waals surface area contributed by atoms with Crippen molar-refractivity contribution in [1.82, 2.24) is 19.8 Å². The first-order valence-electron chi connectivity index (χ1n) is 14.9. The average molecular weight is 605 g/mol. The molecule has 0 radical (unpaired) electrons. The Morgan fingerprint density at radius 1 is 1.23 bits per heavy atom. The maximum Gasteiger partial charge on any atom is 0.319 e. The zero-order valence-electron chi connectivity index (χ0n) is 25.0. The summed E-state index contributed by atoms with van der Waals surface area (Å²) in [4.78, 5) is 40.5. The van der Waals surface area contributed by atoms with Crippen molar-refractivity contribution in [1.29, 1.82) is 5.26 Å². The summed E-state index contributed by atoms with van der Waals surface area (Å²) in [5.41, 5.74) is 3.58. The Morgan fingerprint density at radius 2 is 2.07 bits per heavy atom. The van der Waals surface area contributed by atoms with E-state index in [1.54, 1.807) is 12.0 Å². The third kappa shape index (κ3) is 6.87. The molecule has 1 aromatic carbocycles. The van der Waals surface area contributed by atoms with Gasteiger partial charge in [-0.3, -0.25) is 9.59 Å². The van der Waals surface area contributed by atoms with Crippen LogP contribution >= 0.6 is 11.8 Å². The number of hydrogen-bond donors (Lipinski definition) is 0. The van der Waals surface area contributed by atoms with Crippen LogP contribution in [0.5, 0.6) is 6.01 Å². The molecule has 4 atom stereocenters. The molecule has 0 bridgehead atoms. The van der Waals surface area contributed by atoms with E-state index in [2.05, 4.69) is 52.7 Å². The van der Waals surface area contributed by atoms with Gasteiger partial charge >= 0.3 is 6.01 Å². The third-order valence-corrected chi connectivity index (χ3v) is 10.2. The quantitative estimate of drug-likeness (QED) is 0.277. The maximum atomic E-state index is 12.5. The molecule has 1 amide bonds. The molecule has 0 aliphatic carbocycles. The number of aromatic nitrogens is 2. The van der Waals surface area contributed by atoms with Gasteiger partial charge in [-0.1, -0.05) is 30.8 Å². The number of nitrogens with zero attached hydrogens (tertiary/aromatic N) is 6. The van der Waals surface area contributed by atoms with Crippen LogP contribution in [0.25, 0.3) is 0 Å². The van der Waals surface area contributed by atoms with Crippen molar-refractivity contribution in [3.8, 4) is 12.1 Å². The first-order valence-corrected chi connectivity index (χ1v) is 16.0. The molecule has 2 saturated heterocycles. The molecular formula is C32H40N6O4S. The van der Waals surface area contributed by atoms with Crippen molar-refractivity contribution in [3.63, 3.8) is 0 Å². The summed E-state index contributed by atoms with van der Waals surface area (Å²) in [5.74, 6) is 1.35. The normalized spacial score (nSPS) is 23.8. The molecule has 5 rings (SSSR count). The van der Waals surface area contributed by atoms with Crippen LogP contribution in [0, 0.1) is 11.3 Å². The average Bonchev–Trinajstić information content (AvgIpc) is 3.46. The monoisotopic (exact) mass is 604 g/mol. The largest absolute Gasteiger partial charge is 0.462 e. The summed E-state index contributed by atoms with van der Waals surface area (Å²) in [6.07, 6.45) is 5.70. The van der Waals surface area contributed by atoms with E-state index in [0.717, 1.165) is 43.4 Å². The molecule has 0 spiro atoms. The number of nitriles is 1. The molecule has 228 valence electrons. The molecule has 4 heterocycles. The number of hydrogen-bond acceptors (Lipinski definition) is 10. The summed E-state index contributed by atoms with van der Waals surface area (Å²) in [6, 6.07) is 10.7. The molecular weight excluding hydrogens is 564 g/mol. The van der Waals surface area contributed by atoms with Gasteiger partial charge in [-0.2, -0.15) is 27.0 Å². The smallest absolute Gasteiger partial charge is 0.319 e. The van der Waals surface area contributed by atoms with Crippen LogP contribution in [-0.2, 0) is 21.7 Å². The van der Waals surface area contributed by atoms with E-state index >= 15 is 0 Å². The molecule has 3 aliphatic rings. The molecule has 0 N–H and O–H groups in total. The lowest BCUT2D eigenvalue weighted by Gasteiger charge is -2.41. The van der Waals surface area contributed by atoms with Gasteiger partial charge in [-0.05, 0) is 56.5 Å². The minimum Gasteiger partial charge on any atom is -0.462 e. The Balaban J connectivity index is 1.44. The van der Waals surface area contributed by atoms with Gasteiger partial charge in [0.2, 0.25) is 5.91 Å². The number of carbonyl (C=O) groups is 2. The van der Waals surface area contributed by atoms with Crippen molar-refractivity contribution in [2.24, 2.45) is 0 Å². The van der Waals surface area contributed by atoms with E-state index in [0.29, 0.717) is 44.2 Å². The van der Waals surface area contributed by atoms with E-state index in [1.165, 1.54) is 17.2 Å². The molecule has 3 unspecified atom stereocenters. The van der Waals surface area contributed by atoms with Crippen LogP contribution in [-0.4, -0.2) is 96.2 Å². The van der Waals surface area contributed by atoms with Crippen molar-refractivity contribution >= 4 is 29.8 Å². The molecule has 3 aliphatic heterocycles. The summed E-state index contributed by atoms with van der Waals surface area (Å²) in [7, 11) is 3.83. The number of fused-ring (bicyclic) bond motifs is 1. The zero-order valence-corrected chi connectivity index (χ0v) is 25.8. The molecule has 11 heteroatoms. The number of thioether (sulfide) groups is 1. The standard InChI is InChI=1S/C32H40N6O4S/c1-4-29(40)38-17-16-37(18-23(38)13-14-33)31-26(11-12-28-30(41-3)25-10-6-5-8-22(25)21-43-28)27(19-39)34-32(35-31)42-20-24-9-7-15-36(24)2/h4-6,8,10,19,23-24,28,30H,1,7,9,11-13,15-18,20-21H2,2-3H3/t23?,24?,28-,30?/m0/s1. The van der Waals surface area contributed by atoms with Crippen LogP contribution < -0.4 is 9.64 Å². The number of rotatable bonds is 11. The van der Waals surface area contributed by atoms with Crippen molar-refractivity contribution in [2.45, 2.75) is 61.3 Å². The highest BCUT2D eigenvalue weighted by molar-refractivity contribution is 7.99. The Bertz CT molecular complexity index is 1370. The van der Waals surface area contributed by atoms with Crippen LogP contribution in [0.2, 0.25) is 0 Å². The highest BCUT2D eigenvalue weighted by atomic mass is 32.2. The fourth-order valence-corrected chi connectivity index (χ4v) is 7.83. The van der Waals surface area contributed by atoms with Gasteiger partial charge < -0.3 is 24.2 Å². The summed E-state index contributed by atoms with van der Waals surface area (Å²) in [5, 5.41) is 9.72. The van der Waals surface area contributed by atoms with Crippen LogP contribution in [0.15, 0.2) is 36.9 Å². The van der Waals surface area contributed by atoms with Gasteiger partial charge in [0, 0.05) is 49.4 Å². The second-order valence-corrected chi connectivity index (χ2v) is 12.6. The summed E-state index contributed by atoms with van der Waals surface area (Å²) >= 11 is 1.86. The van der Waals surface area contributed by atoms with Crippen molar-refractivity contribution in [2.75, 3.05) is 51.8 Å². The number of aldehydes is 1. The number of likely N-dealkylation sites (N-methyl/N-ethyl adjacent to an activating group) is 1. The van der Waals surface area contributed by atoms with Gasteiger partial charge in [0.15, 0.2) is 6.29 Å². The molecule has 2 fully saturated rings. The van der Waals surface area contributed by atoms with Gasteiger partial charge in [0.1, 0.15) is 18.1 Å². The van der Waals surface area contributed by atoms with Crippen LogP contribution in [0.1, 0.15) is 59.0 Å². The maximum absolute atomic E-state index is 12.5. The number of anilines is 1. The topological polar surface area (TPSA) is 112 Å². The predicted octanol–water partition coefficient (Wildman–Crippen LogP) is 3.81. The Hall–Kier alpha value is -3.46. The Kier molecular flexibility index (Phi) is 10.3. The van der Waals surface area contributed by atoms with Gasteiger partial charge in [0.25, 0.3) is 0 Å². The molecule has 2 aromatic rings. The number of carbonyl (C=O) groups excluding carboxylic acids is 2. The van der Waals surface area contributed by atoms with E-state index in [9.17, 15) is 14.9 Å². The van der Waals surface area contributed by atoms with Crippen molar-refractivity contribution < 1.29 is 19.1 Å². The van der Waals surface area contributed by atoms with Crippen molar-refractivity contribution in [3.05, 3.63) is 59.3 Å². The number of amides is 1. The number of likely N-dealkylation sites (tertiary alicyclic amines) is 1. The molecule has 43 heavy (non-hydrogen) atoms. The van der Waals surface area contributed by atoms with E-state index < -0.39 is 0 Å². The minimum atomic E-state index is -0.327. The van der Waals surface area contributed by atoms with E-state index in [-0.39, 0.29) is 41.8 Å². The summed E-state index contributed by atoms with van der Waals surface area (Å²) < 4.78 is 12.1. The fraction of sp³-hybridized carbons (Fsp3) is 0.531. The van der Waals surface area contributed by atoms with E-state index in [4.69, 9.17) is 14.5 Å². The Morgan fingerprint density at radius 3 is 2.79 bits per heavy atom. The lowest BCUT2D eigenvalue weighted by molar-refractivity contribution is -0.128. The second kappa shape index (κ2) is 14.3. The SMILES string of the molecule is C=CC(=O)N1CCN(c2nc(OCC3CCCN3C)nc(C=O)c2CC[C@@H]2SCc3ccccc3C2OC)CC1CC#N. The lowest BCUT2D eigenvalue weighted by Crippen LogP contribution is -2.55. The molecule has 0 saturated carbocycles. The predicted molar refractivity (Wildman–Crippen MR) is 166 cm³/mol. The van der Waals surface area contributed by atoms with Gasteiger partial charge in [-0.25, -0.2) is 0 Å². The lowest BCUT2D eigenvalue weighted by atomic mass is 9.96. The zero-order chi connectivity index (χ0) is 30.3. The number of benzene rings is 1. The first-order chi connectivity index (χ1) is 21.0. The first kappa shape index (κ1) is 31.0. The molecule has 1 aromatic heterocycles. The highest BCUT2D eigenvalue weighted by Gasteiger charge is 2.34. The minimum absolute atomic E-state index is 0.0570. The number of methoxy groups -OCH3 is 1. The van der Waals surface area contributed by atoms with Crippen LogP contribution in [0.4, 0.5) is 5.82 Å². The number of ether oxygens (including phenoxy) is 2. The summed E-state index contributed by atoms with van der Waals surface area (Å²) in [6.45, 7) is 6.43. The number of piperazine rings is 1. The Labute approximate surface area is 258 Å². The second-order valence-electron chi connectivity index (χ2n) is 11.3. The van der Waals surface area contributed by atoms with E-state index in [1.807, 2.05) is 17.8 Å². The third-order valence-electron chi connectivity index (χ3n) is 8.84. The van der Waals surface area contributed by atoms with Gasteiger partial charge in [-0.15, -0.1) is 0 Å². The highest BCUT2D eigenvalue weighted by Crippen LogP contribution is 2.42.